The molecule has 5 nitrogen and oxygen atoms in total. The fourth-order valence-electron chi connectivity index (χ4n) is 3.96. The molecule has 2 aromatic rings. The van der Waals surface area contributed by atoms with Crippen molar-refractivity contribution in [3.8, 4) is 5.75 Å². The molecule has 0 aromatic heterocycles. The minimum absolute atomic E-state index is 0.132. The number of hydrogen-bond donors (Lipinski definition) is 1. The van der Waals surface area contributed by atoms with Gasteiger partial charge in [-0.2, -0.15) is 0 Å². The maximum absolute atomic E-state index is 12.6. The van der Waals surface area contributed by atoms with Crippen molar-refractivity contribution in [1.82, 2.24) is 0 Å². The Morgan fingerprint density at radius 1 is 1.04 bits per heavy atom. The van der Waals surface area contributed by atoms with E-state index in [-0.39, 0.29) is 11.8 Å². The van der Waals surface area contributed by atoms with Crippen LogP contribution in [0, 0.1) is 0 Å². The number of rotatable bonds is 5. The highest BCUT2D eigenvalue weighted by Crippen LogP contribution is 2.27. The predicted molar refractivity (Wildman–Crippen MR) is 110 cm³/mol. The van der Waals surface area contributed by atoms with Crippen LogP contribution < -0.4 is 15.0 Å². The van der Waals surface area contributed by atoms with Crippen molar-refractivity contribution >= 4 is 23.2 Å². The topological polar surface area (TPSA) is 58.6 Å². The molecule has 1 N–H and O–H groups in total. The smallest absolute Gasteiger partial charge is 0.265 e. The lowest BCUT2D eigenvalue weighted by molar-refractivity contribution is -0.122. The Labute approximate surface area is 165 Å². The van der Waals surface area contributed by atoms with E-state index in [1.54, 1.807) is 11.8 Å². The van der Waals surface area contributed by atoms with Gasteiger partial charge in [-0.1, -0.05) is 12.1 Å². The third-order valence-electron chi connectivity index (χ3n) is 5.50. The van der Waals surface area contributed by atoms with E-state index in [0.717, 1.165) is 37.2 Å². The van der Waals surface area contributed by atoms with Crippen LogP contribution in [-0.4, -0.2) is 24.5 Å². The average molecular weight is 378 g/mol. The molecule has 2 amide bonds. The molecule has 1 heterocycles. The Morgan fingerprint density at radius 3 is 2.64 bits per heavy atom. The van der Waals surface area contributed by atoms with Gasteiger partial charge < -0.3 is 15.0 Å². The van der Waals surface area contributed by atoms with Gasteiger partial charge in [0.2, 0.25) is 5.91 Å². The summed E-state index contributed by atoms with van der Waals surface area (Å²) in [5.41, 5.74) is 4.22. The van der Waals surface area contributed by atoms with Crippen molar-refractivity contribution in [3.63, 3.8) is 0 Å². The first kappa shape index (κ1) is 18.5. The van der Waals surface area contributed by atoms with Gasteiger partial charge in [0, 0.05) is 24.3 Å². The van der Waals surface area contributed by atoms with Gasteiger partial charge in [0.15, 0.2) is 6.10 Å². The number of nitrogens with zero attached hydrogens (tertiary/aromatic N) is 1. The van der Waals surface area contributed by atoms with Crippen molar-refractivity contribution < 1.29 is 14.3 Å². The van der Waals surface area contributed by atoms with Crippen molar-refractivity contribution in [2.45, 2.75) is 51.6 Å². The van der Waals surface area contributed by atoms with E-state index in [0.29, 0.717) is 12.1 Å². The van der Waals surface area contributed by atoms with Crippen LogP contribution in [0.5, 0.6) is 5.75 Å². The molecule has 1 saturated heterocycles. The molecule has 2 aromatic carbocycles. The van der Waals surface area contributed by atoms with E-state index >= 15 is 0 Å². The van der Waals surface area contributed by atoms with Crippen LogP contribution in [0.1, 0.15) is 43.7 Å². The molecular formula is C23H26N2O3. The third-order valence-corrected chi connectivity index (χ3v) is 5.50. The van der Waals surface area contributed by atoms with Gasteiger partial charge in [0.05, 0.1) is 0 Å². The van der Waals surface area contributed by atoms with Crippen molar-refractivity contribution in [2.75, 3.05) is 16.8 Å². The van der Waals surface area contributed by atoms with Gasteiger partial charge in [0.25, 0.3) is 5.91 Å². The van der Waals surface area contributed by atoms with Crippen LogP contribution in [0.15, 0.2) is 42.5 Å². The molecule has 2 aliphatic rings. The molecule has 0 unspecified atom stereocenters. The Hall–Kier alpha value is -2.82. The molecule has 5 heteroatoms. The lowest BCUT2D eigenvalue weighted by Crippen LogP contribution is -2.30. The van der Waals surface area contributed by atoms with Gasteiger partial charge in [-0.25, -0.2) is 0 Å². The number of carbonyl (C=O) groups excluding carboxylic acids is 2. The summed E-state index contributed by atoms with van der Waals surface area (Å²) in [5.74, 6) is 0.662. The van der Waals surface area contributed by atoms with E-state index in [9.17, 15) is 9.59 Å². The maximum atomic E-state index is 12.6. The highest BCUT2D eigenvalue weighted by Gasteiger charge is 2.22. The van der Waals surface area contributed by atoms with Crippen LogP contribution in [-0.2, 0) is 22.4 Å². The second kappa shape index (κ2) is 8.05. The second-order valence-corrected chi connectivity index (χ2v) is 7.59. The van der Waals surface area contributed by atoms with E-state index in [1.807, 2.05) is 30.3 Å². The van der Waals surface area contributed by atoms with Crippen LogP contribution >= 0.6 is 0 Å². The SMILES string of the molecule is C[C@H](Oc1ccc2c(c1)CCCC2)C(=O)Nc1cccc(N2CCCC2=O)c1. The first-order valence-electron chi connectivity index (χ1n) is 10.1. The summed E-state index contributed by atoms with van der Waals surface area (Å²) in [6, 6.07) is 13.5. The number of nitrogens with one attached hydrogen (secondary N) is 1. The van der Waals surface area contributed by atoms with Crippen molar-refractivity contribution in [2.24, 2.45) is 0 Å². The molecule has 1 fully saturated rings. The van der Waals surface area contributed by atoms with Crippen molar-refractivity contribution in [1.29, 1.82) is 0 Å². The summed E-state index contributed by atoms with van der Waals surface area (Å²) in [4.78, 5) is 26.3. The Bertz CT molecular complexity index is 893. The number of amides is 2. The summed E-state index contributed by atoms with van der Waals surface area (Å²) in [6.07, 6.45) is 5.51. The monoisotopic (exact) mass is 378 g/mol. The number of carbonyl (C=O) groups is 2. The molecule has 1 aliphatic carbocycles. The summed E-state index contributed by atoms with van der Waals surface area (Å²) in [7, 11) is 0. The van der Waals surface area contributed by atoms with Crippen LogP contribution in [0.2, 0.25) is 0 Å². The lowest BCUT2D eigenvalue weighted by Gasteiger charge is -2.20. The van der Waals surface area contributed by atoms with E-state index < -0.39 is 6.10 Å². The molecule has 0 radical (unpaired) electrons. The van der Waals surface area contributed by atoms with Gasteiger partial charge in [-0.3, -0.25) is 9.59 Å². The number of fused-ring (bicyclic) bond motifs is 1. The highest BCUT2D eigenvalue weighted by atomic mass is 16.5. The van der Waals surface area contributed by atoms with Crippen LogP contribution in [0.4, 0.5) is 11.4 Å². The van der Waals surface area contributed by atoms with Crippen LogP contribution in [0.3, 0.4) is 0 Å². The first-order chi connectivity index (χ1) is 13.6. The molecule has 0 bridgehead atoms. The zero-order chi connectivity index (χ0) is 19.5. The average Bonchev–Trinajstić information content (AvgIpc) is 3.14. The second-order valence-electron chi connectivity index (χ2n) is 7.59. The summed E-state index contributed by atoms with van der Waals surface area (Å²) in [5, 5.41) is 2.90. The molecule has 0 spiro atoms. The zero-order valence-corrected chi connectivity index (χ0v) is 16.2. The normalized spacial score (nSPS) is 17.2. The fraction of sp³-hybridized carbons (Fsp3) is 0.391. The predicted octanol–water partition coefficient (Wildman–Crippen LogP) is 4.10. The fourth-order valence-corrected chi connectivity index (χ4v) is 3.96. The van der Waals surface area contributed by atoms with Gasteiger partial charge >= 0.3 is 0 Å². The van der Waals surface area contributed by atoms with Gasteiger partial charge in [0.1, 0.15) is 5.75 Å². The molecule has 1 aliphatic heterocycles. The summed E-state index contributed by atoms with van der Waals surface area (Å²) < 4.78 is 5.88. The molecule has 0 saturated carbocycles. The Balaban J connectivity index is 1.40. The minimum atomic E-state index is -0.612. The van der Waals surface area contributed by atoms with Crippen molar-refractivity contribution in [3.05, 3.63) is 53.6 Å². The van der Waals surface area contributed by atoms with Gasteiger partial charge in [-0.05, 0) is 80.5 Å². The molecule has 146 valence electrons. The van der Waals surface area contributed by atoms with E-state index in [4.69, 9.17) is 4.74 Å². The molecule has 1 atom stereocenters. The molecule has 28 heavy (non-hydrogen) atoms. The van der Waals surface area contributed by atoms with Crippen LogP contribution in [0.25, 0.3) is 0 Å². The third kappa shape index (κ3) is 4.03. The zero-order valence-electron chi connectivity index (χ0n) is 16.2. The van der Waals surface area contributed by atoms with E-state index in [2.05, 4.69) is 17.4 Å². The summed E-state index contributed by atoms with van der Waals surface area (Å²) >= 11 is 0. The number of aryl methyl sites for hydroxylation is 2. The summed E-state index contributed by atoms with van der Waals surface area (Å²) in [6.45, 7) is 2.48. The number of benzene rings is 2. The maximum Gasteiger partial charge on any atom is 0.265 e. The number of anilines is 2. The molecule has 4 rings (SSSR count). The van der Waals surface area contributed by atoms with E-state index in [1.165, 1.54) is 24.0 Å². The highest BCUT2D eigenvalue weighted by molar-refractivity contribution is 5.97. The number of hydrogen-bond acceptors (Lipinski definition) is 3. The first-order valence-corrected chi connectivity index (χ1v) is 10.1. The largest absolute Gasteiger partial charge is 0.481 e. The minimum Gasteiger partial charge on any atom is -0.481 e. The quantitative estimate of drug-likeness (QED) is 0.852. The lowest BCUT2D eigenvalue weighted by atomic mass is 9.92. The Kier molecular flexibility index (Phi) is 5.33. The standard InChI is InChI=1S/C23H26N2O3/c1-16(28-21-12-11-17-6-2-3-7-18(17)14-21)23(27)24-19-8-4-9-20(15-19)25-13-5-10-22(25)26/h4,8-9,11-12,14-16H,2-3,5-7,10,13H2,1H3,(H,24,27)/t16-/m0/s1. The number of ether oxygens (including phenoxy) is 1. The van der Waals surface area contributed by atoms with Gasteiger partial charge in [-0.15, -0.1) is 0 Å². The Morgan fingerprint density at radius 2 is 1.86 bits per heavy atom. The molecular weight excluding hydrogens is 352 g/mol.